The number of carbonyl (C=O) groups excluding carboxylic acids is 2. The maximum absolute atomic E-state index is 13.2. The first-order chi connectivity index (χ1) is 30.7. The summed E-state index contributed by atoms with van der Waals surface area (Å²) in [5, 5.41) is 13.8. The number of piperazine rings is 1. The van der Waals surface area contributed by atoms with Gasteiger partial charge in [0.25, 0.3) is 5.91 Å². The molecule has 0 spiro atoms. The SMILES string of the molecule is C[C@H](CC(F)(F)F)Nc1ncc2c(-c3ccc(CN4CCN(CCCOCCCc5ccc6c(c5)n(C)c(=O)n6C5CCC(=O)N(C)C5=O)CC4)cc3)cn([C@H]3CC[C@H](O)CC3)c2n1. The zero-order valence-corrected chi connectivity index (χ0v) is 37.0. The van der Waals surface area contributed by atoms with Gasteiger partial charge in [-0.1, -0.05) is 30.3 Å². The molecule has 0 bridgehead atoms. The highest BCUT2D eigenvalue weighted by Crippen LogP contribution is 2.37. The van der Waals surface area contributed by atoms with E-state index in [0.717, 1.165) is 104 Å². The fraction of sp³-hybridized carbons (Fsp3) is 0.553. The molecule has 5 heterocycles. The number of nitrogens with zero attached hydrogens (tertiary/aromatic N) is 8. The molecule has 2 aromatic carbocycles. The largest absolute Gasteiger partial charge is 0.393 e. The predicted molar refractivity (Wildman–Crippen MR) is 239 cm³/mol. The van der Waals surface area contributed by atoms with E-state index in [1.165, 1.54) is 24.1 Å². The Hall–Kier alpha value is -5.10. The smallest absolute Gasteiger partial charge is 0.391 e. The van der Waals surface area contributed by atoms with E-state index in [1.54, 1.807) is 17.8 Å². The molecule has 2 atom stereocenters. The Morgan fingerprint density at radius 2 is 1.59 bits per heavy atom. The highest BCUT2D eigenvalue weighted by Gasteiger charge is 2.35. The predicted octanol–water partition coefficient (Wildman–Crippen LogP) is 6.46. The molecule has 2 N–H and O–H groups in total. The highest BCUT2D eigenvalue weighted by molar-refractivity contribution is 6.00. The van der Waals surface area contributed by atoms with E-state index >= 15 is 0 Å². The first-order valence-corrected chi connectivity index (χ1v) is 22.7. The van der Waals surface area contributed by atoms with E-state index in [2.05, 4.69) is 55.1 Å². The second-order valence-electron chi connectivity index (χ2n) is 18.0. The van der Waals surface area contributed by atoms with Gasteiger partial charge in [-0.05, 0) is 87.1 Å². The molecule has 2 amide bonds. The summed E-state index contributed by atoms with van der Waals surface area (Å²) >= 11 is 0. The first-order valence-electron chi connectivity index (χ1n) is 22.7. The number of aliphatic hydroxyl groups excluding tert-OH is 1. The van der Waals surface area contributed by atoms with Crippen molar-refractivity contribution in [1.82, 2.24) is 38.4 Å². The van der Waals surface area contributed by atoms with Gasteiger partial charge in [0, 0.05) is 108 Å². The molecule has 0 radical (unpaired) electrons. The highest BCUT2D eigenvalue weighted by atomic mass is 19.4. The number of piperidine rings is 1. The van der Waals surface area contributed by atoms with Crippen molar-refractivity contribution in [2.75, 3.05) is 58.3 Å². The van der Waals surface area contributed by atoms with Crippen molar-refractivity contribution in [3.63, 3.8) is 0 Å². The number of hydrogen-bond donors (Lipinski definition) is 2. The van der Waals surface area contributed by atoms with Crippen molar-refractivity contribution in [3.8, 4) is 11.1 Å². The lowest BCUT2D eigenvalue weighted by Crippen LogP contribution is -2.46. The van der Waals surface area contributed by atoms with E-state index in [0.29, 0.717) is 43.6 Å². The average molecular weight is 888 g/mol. The van der Waals surface area contributed by atoms with Gasteiger partial charge in [-0.15, -0.1) is 0 Å². The van der Waals surface area contributed by atoms with Crippen LogP contribution in [0.25, 0.3) is 33.2 Å². The number of likely N-dealkylation sites (N-methyl/N-ethyl adjacent to an activating group) is 1. The third-order valence-corrected chi connectivity index (χ3v) is 13.3. The van der Waals surface area contributed by atoms with E-state index in [1.807, 2.05) is 18.2 Å². The molecule has 3 aliphatic rings. The number of benzene rings is 2. The zero-order chi connectivity index (χ0) is 45.1. The number of halogens is 3. The molecule has 1 aliphatic carbocycles. The molecule has 14 nitrogen and oxygen atoms in total. The van der Waals surface area contributed by atoms with Crippen LogP contribution in [0.4, 0.5) is 19.1 Å². The van der Waals surface area contributed by atoms with Gasteiger partial charge >= 0.3 is 11.9 Å². The molecule has 344 valence electrons. The van der Waals surface area contributed by atoms with E-state index < -0.39 is 24.7 Å². The number of aliphatic hydroxyl groups is 1. The molecule has 2 aliphatic heterocycles. The molecule has 1 saturated carbocycles. The Morgan fingerprint density at radius 3 is 2.33 bits per heavy atom. The second-order valence-corrected chi connectivity index (χ2v) is 18.0. The summed E-state index contributed by atoms with van der Waals surface area (Å²) in [6.45, 7) is 8.62. The number of aryl methyl sites for hydroxylation is 2. The van der Waals surface area contributed by atoms with Crippen LogP contribution in [0, 0.1) is 0 Å². The molecule has 1 unspecified atom stereocenters. The number of ether oxygens (including phenoxy) is 1. The van der Waals surface area contributed by atoms with Crippen molar-refractivity contribution >= 4 is 39.8 Å². The van der Waals surface area contributed by atoms with E-state index in [-0.39, 0.29) is 42.0 Å². The third-order valence-electron chi connectivity index (χ3n) is 13.3. The molecule has 3 aromatic heterocycles. The molecule has 2 saturated heterocycles. The van der Waals surface area contributed by atoms with Gasteiger partial charge in [-0.2, -0.15) is 18.2 Å². The number of amides is 2. The van der Waals surface area contributed by atoms with Gasteiger partial charge < -0.3 is 24.6 Å². The minimum absolute atomic E-state index is 0.126. The van der Waals surface area contributed by atoms with Crippen molar-refractivity contribution in [1.29, 1.82) is 0 Å². The van der Waals surface area contributed by atoms with Gasteiger partial charge in [0.2, 0.25) is 11.9 Å². The average Bonchev–Trinajstić information content (AvgIpc) is 3.76. The van der Waals surface area contributed by atoms with Crippen LogP contribution in [0.15, 0.2) is 59.7 Å². The van der Waals surface area contributed by atoms with Crippen LogP contribution in [-0.4, -0.2) is 127 Å². The lowest BCUT2D eigenvalue weighted by molar-refractivity contribution is -0.149. The molecule has 17 heteroatoms. The van der Waals surface area contributed by atoms with Gasteiger partial charge in [-0.3, -0.25) is 28.5 Å². The fourth-order valence-corrected chi connectivity index (χ4v) is 9.66. The number of aromatic nitrogens is 5. The first kappa shape index (κ1) is 45.5. The Balaban J connectivity index is 0.777. The van der Waals surface area contributed by atoms with Crippen molar-refractivity contribution in [3.05, 3.63) is 76.5 Å². The number of imidazole rings is 1. The number of fused-ring (bicyclic) bond motifs is 2. The Morgan fingerprint density at radius 1 is 0.891 bits per heavy atom. The van der Waals surface area contributed by atoms with Crippen LogP contribution in [0.1, 0.15) is 87.9 Å². The molecule has 64 heavy (non-hydrogen) atoms. The Labute approximate surface area is 371 Å². The van der Waals surface area contributed by atoms with Gasteiger partial charge in [0.05, 0.1) is 23.6 Å². The Kier molecular flexibility index (Phi) is 13.9. The third kappa shape index (κ3) is 10.4. The summed E-state index contributed by atoms with van der Waals surface area (Å²) in [6.07, 6.45) is 4.36. The number of imide groups is 1. The number of hydrogen-bond acceptors (Lipinski definition) is 10. The standard InChI is InChI=1S/C47H60F3N9O5/c1-31(27-47(48,49)50)52-45-51-28-37-38(30-58(43(37)53-45)35-12-14-36(60)15-13-35)34-10-7-33(8-11-34)29-57-22-20-56(21-23-57)19-5-25-64-24-4-6-32-9-16-39-41(26-32)54(2)46(63)59(39)40-17-18-42(61)55(3)44(40)62/h7-11,16,26,28,30-31,35-36,40,60H,4-6,12-15,17-25,27,29H2,1-3H3,(H,51,52,53)/t31-,35-,36-,40?/m1/s1. The van der Waals surface area contributed by atoms with Crippen LogP contribution >= 0.6 is 0 Å². The molecule has 5 aromatic rings. The summed E-state index contributed by atoms with van der Waals surface area (Å²) in [5.74, 6) is -0.398. The van der Waals surface area contributed by atoms with Gasteiger partial charge in [0.1, 0.15) is 11.7 Å². The number of carbonyl (C=O) groups is 2. The van der Waals surface area contributed by atoms with Crippen LogP contribution in [-0.2, 0) is 34.3 Å². The minimum Gasteiger partial charge on any atom is -0.393 e. The lowest BCUT2D eigenvalue weighted by Gasteiger charge is -2.34. The van der Waals surface area contributed by atoms with Crippen LogP contribution < -0.4 is 11.0 Å². The minimum atomic E-state index is -4.29. The van der Waals surface area contributed by atoms with Crippen molar-refractivity contribution < 1.29 is 32.6 Å². The normalized spacial score (nSPS) is 21.0. The summed E-state index contributed by atoms with van der Waals surface area (Å²) in [4.78, 5) is 53.3. The summed E-state index contributed by atoms with van der Waals surface area (Å²) in [7, 11) is 3.19. The van der Waals surface area contributed by atoms with Crippen molar-refractivity contribution in [2.45, 2.75) is 108 Å². The van der Waals surface area contributed by atoms with Crippen LogP contribution in [0.2, 0.25) is 0 Å². The molecule has 8 rings (SSSR count). The maximum Gasteiger partial charge on any atom is 0.391 e. The second kappa shape index (κ2) is 19.6. The molecular formula is C47H60F3N9O5. The van der Waals surface area contributed by atoms with Crippen molar-refractivity contribution in [2.24, 2.45) is 7.05 Å². The Bertz CT molecular complexity index is 2480. The maximum atomic E-state index is 13.2. The van der Waals surface area contributed by atoms with Gasteiger partial charge in [-0.25, -0.2) is 9.78 Å². The molecule has 3 fully saturated rings. The van der Waals surface area contributed by atoms with Crippen LogP contribution in [0.3, 0.4) is 0 Å². The van der Waals surface area contributed by atoms with Crippen LogP contribution in [0.5, 0.6) is 0 Å². The summed E-state index contributed by atoms with van der Waals surface area (Å²) < 4.78 is 50.4. The number of rotatable bonds is 16. The number of anilines is 1. The van der Waals surface area contributed by atoms with E-state index in [9.17, 15) is 32.7 Å². The summed E-state index contributed by atoms with van der Waals surface area (Å²) in [5.41, 5.74) is 6.22. The number of nitrogens with one attached hydrogen (secondary N) is 1. The van der Waals surface area contributed by atoms with Gasteiger partial charge in [0.15, 0.2) is 0 Å². The quantitative estimate of drug-likeness (QED) is 0.0838. The number of alkyl halides is 3. The number of likely N-dealkylation sites (tertiary alicyclic amines) is 1. The summed E-state index contributed by atoms with van der Waals surface area (Å²) in [6, 6.07) is 13.1. The molecular weight excluding hydrogens is 828 g/mol. The zero-order valence-electron chi connectivity index (χ0n) is 37.0. The van der Waals surface area contributed by atoms with E-state index in [4.69, 9.17) is 9.72 Å². The monoisotopic (exact) mass is 887 g/mol. The lowest BCUT2D eigenvalue weighted by atomic mass is 9.93. The topological polar surface area (TPSA) is 143 Å². The fourth-order valence-electron chi connectivity index (χ4n) is 9.66.